The Hall–Kier alpha value is -0.870. The molecule has 0 aromatic carbocycles. The third-order valence-corrected chi connectivity index (χ3v) is 4.09. The molecule has 0 spiro atoms. The second kappa shape index (κ2) is 3.57. The van der Waals surface area contributed by atoms with E-state index in [1.54, 1.807) is 0 Å². The molecule has 3 rings (SSSR count). The highest BCUT2D eigenvalue weighted by Crippen LogP contribution is 2.32. The van der Waals surface area contributed by atoms with E-state index in [9.17, 15) is 0 Å². The maximum Gasteiger partial charge on any atom is 0.154 e. The average Bonchev–Trinajstić information content (AvgIpc) is 2.80. The van der Waals surface area contributed by atoms with Crippen LogP contribution in [-0.4, -0.2) is 47.3 Å². The molecule has 0 saturated carbocycles. The number of nitrogens with zero attached hydrogens (tertiary/aromatic N) is 4. The van der Waals surface area contributed by atoms with Crippen LogP contribution in [0.15, 0.2) is 6.07 Å². The zero-order valence-corrected chi connectivity index (χ0v) is 10.3. The quantitative estimate of drug-likeness (QED) is 0.739. The molecule has 4 nitrogen and oxygen atoms in total. The minimum Gasteiger partial charge on any atom is -0.349 e. The van der Waals surface area contributed by atoms with E-state index in [2.05, 4.69) is 27.0 Å². The van der Waals surface area contributed by atoms with Crippen LogP contribution < -0.4 is 4.90 Å². The lowest BCUT2D eigenvalue weighted by Gasteiger charge is -2.32. The van der Waals surface area contributed by atoms with E-state index in [0.717, 1.165) is 24.5 Å². The van der Waals surface area contributed by atoms with Gasteiger partial charge in [-0.05, 0) is 32.0 Å². The molecule has 2 aliphatic heterocycles. The summed E-state index contributed by atoms with van der Waals surface area (Å²) in [6, 6.07) is 3.32. The lowest BCUT2D eigenvalue weighted by molar-refractivity contribution is 0.292. The number of aryl methyl sites for hydroxylation is 1. The topological polar surface area (TPSA) is 32.3 Å². The fourth-order valence-corrected chi connectivity index (χ4v) is 2.84. The number of hydrogen-bond acceptors (Lipinski definition) is 4. The van der Waals surface area contributed by atoms with Crippen molar-refractivity contribution < 1.29 is 0 Å². The number of likely N-dealkylation sites (tertiary alicyclic amines) is 1. The van der Waals surface area contributed by atoms with Crippen molar-refractivity contribution >= 4 is 17.4 Å². The molecule has 0 aliphatic carbocycles. The molecule has 2 aliphatic rings. The van der Waals surface area contributed by atoms with E-state index < -0.39 is 0 Å². The first-order valence-corrected chi connectivity index (χ1v) is 5.99. The number of likely N-dealkylation sites (N-methyl/N-ethyl adjacent to an activating group) is 1. The van der Waals surface area contributed by atoms with Crippen LogP contribution in [0.3, 0.4) is 0 Å². The lowest BCUT2D eigenvalue weighted by Crippen LogP contribution is -2.45. The van der Waals surface area contributed by atoms with Crippen LogP contribution in [0.1, 0.15) is 12.0 Å². The third kappa shape index (κ3) is 1.48. The van der Waals surface area contributed by atoms with E-state index in [0.29, 0.717) is 17.2 Å². The second-order valence-electron chi connectivity index (χ2n) is 4.81. The molecule has 86 valence electrons. The van der Waals surface area contributed by atoms with Crippen LogP contribution in [0.5, 0.6) is 0 Å². The van der Waals surface area contributed by atoms with Crippen LogP contribution in [-0.2, 0) is 0 Å². The van der Waals surface area contributed by atoms with Crippen molar-refractivity contribution in [3.05, 3.63) is 16.8 Å². The van der Waals surface area contributed by atoms with Crippen molar-refractivity contribution in [3.63, 3.8) is 0 Å². The van der Waals surface area contributed by atoms with Crippen LogP contribution in [0.4, 0.5) is 5.82 Å². The van der Waals surface area contributed by atoms with Crippen molar-refractivity contribution in [2.75, 3.05) is 25.0 Å². The predicted molar refractivity (Wildman–Crippen MR) is 63.9 cm³/mol. The Balaban J connectivity index is 1.87. The molecule has 2 saturated heterocycles. The summed E-state index contributed by atoms with van der Waals surface area (Å²) in [7, 11) is 2.20. The van der Waals surface area contributed by atoms with Gasteiger partial charge in [-0.15, -0.1) is 10.2 Å². The van der Waals surface area contributed by atoms with E-state index in [4.69, 9.17) is 11.6 Å². The summed E-state index contributed by atoms with van der Waals surface area (Å²) in [5, 5.41) is 8.68. The molecule has 1 aromatic rings. The number of aromatic nitrogens is 2. The molecule has 1 unspecified atom stereocenters. The minimum atomic E-state index is 0.505. The van der Waals surface area contributed by atoms with Crippen molar-refractivity contribution in [1.82, 2.24) is 15.1 Å². The first-order valence-electron chi connectivity index (χ1n) is 5.62. The molecule has 2 fully saturated rings. The van der Waals surface area contributed by atoms with Crippen molar-refractivity contribution in [2.24, 2.45) is 0 Å². The van der Waals surface area contributed by atoms with Gasteiger partial charge < -0.3 is 4.90 Å². The number of hydrogen-bond donors (Lipinski definition) is 0. The van der Waals surface area contributed by atoms with E-state index in [1.165, 1.54) is 6.42 Å². The number of anilines is 1. The summed E-state index contributed by atoms with van der Waals surface area (Å²) in [6.07, 6.45) is 1.25. The summed E-state index contributed by atoms with van der Waals surface area (Å²) < 4.78 is 0. The van der Waals surface area contributed by atoms with E-state index in [-0.39, 0.29) is 0 Å². The highest BCUT2D eigenvalue weighted by molar-refractivity contribution is 6.30. The Bertz CT molecular complexity index is 420. The standard InChI is InChI=1S/C11H15ClN4/c1-7-3-10(13-14-11(7)12)16-6-8-4-9(16)5-15(8)2/h3,8-9H,4-6H2,1-2H3/t8-,9?/m0/s1. The maximum absolute atomic E-state index is 5.89. The van der Waals surface area contributed by atoms with Gasteiger partial charge in [-0.25, -0.2) is 0 Å². The van der Waals surface area contributed by atoms with Gasteiger partial charge in [0.15, 0.2) is 11.0 Å². The largest absolute Gasteiger partial charge is 0.349 e. The average molecular weight is 239 g/mol. The molecule has 3 heterocycles. The number of halogens is 1. The first kappa shape index (κ1) is 10.3. The fraction of sp³-hybridized carbons (Fsp3) is 0.636. The molecule has 16 heavy (non-hydrogen) atoms. The molecule has 0 radical (unpaired) electrons. The van der Waals surface area contributed by atoms with Crippen LogP contribution in [0.2, 0.25) is 5.15 Å². The van der Waals surface area contributed by atoms with Crippen molar-refractivity contribution in [2.45, 2.75) is 25.4 Å². The molecular weight excluding hydrogens is 224 g/mol. The first-order chi connectivity index (χ1) is 7.65. The molecule has 0 amide bonds. The molecular formula is C11H15ClN4. The summed E-state index contributed by atoms with van der Waals surface area (Å²) in [6.45, 7) is 4.17. The number of fused-ring (bicyclic) bond motifs is 2. The Morgan fingerprint density at radius 2 is 2.12 bits per heavy atom. The Morgan fingerprint density at radius 3 is 2.69 bits per heavy atom. The highest BCUT2D eigenvalue weighted by Gasteiger charge is 2.42. The molecule has 5 heteroatoms. The predicted octanol–water partition coefficient (Wildman–Crippen LogP) is 1.33. The van der Waals surface area contributed by atoms with Gasteiger partial charge in [0.1, 0.15) is 0 Å². The number of piperazine rings is 1. The van der Waals surface area contributed by atoms with Crippen molar-refractivity contribution in [1.29, 1.82) is 0 Å². The van der Waals surface area contributed by atoms with E-state index in [1.807, 2.05) is 13.0 Å². The molecule has 1 aromatic heterocycles. The third-order valence-electron chi connectivity index (χ3n) is 3.72. The maximum atomic E-state index is 5.89. The van der Waals surface area contributed by atoms with E-state index >= 15 is 0 Å². The summed E-state index contributed by atoms with van der Waals surface area (Å²) in [4.78, 5) is 4.79. The smallest absolute Gasteiger partial charge is 0.154 e. The Kier molecular flexibility index (Phi) is 2.30. The summed E-state index contributed by atoms with van der Waals surface area (Å²) in [5.41, 5.74) is 1.00. The van der Waals surface area contributed by atoms with Gasteiger partial charge in [0.05, 0.1) is 0 Å². The molecule has 2 atom stereocenters. The zero-order chi connectivity index (χ0) is 11.3. The summed E-state index contributed by atoms with van der Waals surface area (Å²) >= 11 is 5.89. The minimum absolute atomic E-state index is 0.505. The summed E-state index contributed by atoms with van der Waals surface area (Å²) in [5.74, 6) is 0.975. The fourth-order valence-electron chi connectivity index (χ4n) is 2.74. The Labute approximate surface area is 100 Å². The van der Waals surface area contributed by atoms with Gasteiger partial charge in [0.2, 0.25) is 0 Å². The van der Waals surface area contributed by atoms with Crippen LogP contribution >= 0.6 is 11.6 Å². The van der Waals surface area contributed by atoms with Gasteiger partial charge in [-0.3, -0.25) is 4.90 Å². The molecule has 2 bridgehead atoms. The van der Waals surface area contributed by atoms with Crippen LogP contribution in [0, 0.1) is 6.92 Å². The van der Waals surface area contributed by atoms with Gasteiger partial charge in [-0.2, -0.15) is 0 Å². The zero-order valence-electron chi connectivity index (χ0n) is 9.52. The van der Waals surface area contributed by atoms with Gasteiger partial charge in [0.25, 0.3) is 0 Å². The second-order valence-corrected chi connectivity index (χ2v) is 5.17. The SMILES string of the molecule is Cc1cc(N2C[C@@H]3CC2CN3C)nnc1Cl. The highest BCUT2D eigenvalue weighted by atomic mass is 35.5. The van der Waals surface area contributed by atoms with Gasteiger partial charge in [-0.1, -0.05) is 11.6 Å². The molecule has 0 N–H and O–H groups in total. The Morgan fingerprint density at radius 1 is 1.31 bits per heavy atom. The van der Waals surface area contributed by atoms with Crippen molar-refractivity contribution in [3.8, 4) is 0 Å². The van der Waals surface area contributed by atoms with Gasteiger partial charge in [0, 0.05) is 25.2 Å². The number of rotatable bonds is 1. The van der Waals surface area contributed by atoms with Crippen LogP contribution in [0.25, 0.3) is 0 Å². The normalized spacial score (nSPS) is 29.1. The monoisotopic (exact) mass is 238 g/mol. The van der Waals surface area contributed by atoms with Gasteiger partial charge >= 0.3 is 0 Å². The lowest BCUT2D eigenvalue weighted by atomic mass is 10.2.